The lowest BCUT2D eigenvalue weighted by Crippen LogP contribution is -2.57. The highest BCUT2D eigenvalue weighted by molar-refractivity contribution is 6.20. The maximum Gasteiger partial charge on any atom is 0.335 e. The van der Waals surface area contributed by atoms with Crippen molar-refractivity contribution >= 4 is 17.8 Å². The highest BCUT2D eigenvalue weighted by atomic mass is 35.5. The number of piperazine rings is 1. The molecule has 5 nitrogen and oxygen atoms in total. The monoisotopic (exact) mass is 268 g/mol. The van der Waals surface area contributed by atoms with Crippen LogP contribution in [0.5, 0.6) is 0 Å². The van der Waals surface area contributed by atoms with Crippen LogP contribution in [0.3, 0.4) is 0 Å². The molecule has 18 heavy (non-hydrogen) atoms. The minimum atomic E-state index is -0.197. The molecule has 1 aromatic rings. The van der Waals surface area contributed by atoms with Crippen LogP contribution in [-0.2, 0) is 6.54 Å². The Morgan fingerprint density at radius 1 is 1.50 bits per heavy atom. The second kappa shape index (κ2) is 6.04. The molecule has 0 radical (unpaired) electrons. The van der Waals surface area contributed by atoms with Crippen molar-refractivity contribution in [1.82, 2.24) is 14.6 Å². The first-order chi connectivity index (χ1) is 8.66. The molecule has 0 aromatic heterocycles. The van der Waals surface area contributed by atoms with Gasteiger partial charge in [0.05, 0.1) is 19.3 Å². The average molecular weight is 269 g/mol. The Hall–Kier alpha value is -1.30. The van der Waals surface area contributed by atoms with Gasteiger partial charge in [-0.25, -0.2) is 9.21 Å². The molecule has 1 aliphatic rings. The average Bonchev–Trinajstić information content (AvgIpc) is 2.39. The summed E-state index contributed by atoms with van der Waals surface area (Å²) >= 11 is 6.03. The lowest BCUT2D eigenvalue weighted by molar-refractivity contribution is 0.159. The molecule has 1 unspecified atom stereocenters. The molecule has 6 heteroatoms. The summed E-state index contributed by atoms with van der Waals surface area (Å²) in [6.07, 6.45) is -0.176. The first-order valence-corrected chi connectivity index (χ1v) is 6.26. The molecule has 2 amide bonds. The predicted molar refractivity (Wildman–Crippen MR) is 70.8 cm³/mol. The number of amides is 2. The number of rotatable bonds is 2. The van der Waals surface area contributed by atoms with E-state index >= 15 is 0 Å². The second-order valence-electron chi connectivity index (χ2n) is 4.30. The second-order valence-corrected chi connectivity index (χ2v) is 4.70. The molecule has 0 aliphatic carbocycles. The third-order valence-corrected chi connectivity index (χ3v) is 3.11. The number of nitrogens with two attached hydrogens (primary N) is 1. The Labute approximate surface area is 112 Å². The molecule has 98 valence electrons. The van der Waals surface area contributed by atoms with Crippen molar-refractivity contribution in [2.75, 3.05) is 19.6 Å². The van der Waals surface area contributed by atoms with Gasteiger partial charge in [-0.2, -0.15) is 0 Å². The number of hydrogen-bond acceptors (Lipinski definition) is 3. The number of nitrogens with zero attached hydrogens (tertiary/aromatic N) is 2. The molecule has 3 N–H and O–H groups in total. The van der Waals surface area contributed by atoms with Crippen LogP contribution in [-0.4, -0.2) is 41.2 Å². The van der Waals surface area contributed by atoms with Gasteiger partial charge in [-0.05, 0) is 5.56 Å². The third kappa shape index (κ3) is 3.35. The van der Waals surface area contributed by atoms with E-state index in [1.165, 1.54) is 4.42 Å². The van der Waals surface area contributed by atoms with E-state index in [0.717, 1.165) is 5.56 Å². The summed E-state index contributed by atoms with van der Waals surface area (Å²) in [7, 11) is 0. The Balaban J connectivity index is 1.92. The van der Waals surface area contributed by atoms with Crippen LogP contribution < -0.4 is 11.1 Å². The molecule has 1 saturated heterocycles. The van der Waals surface area contributed by atoms with Gasteiger partial charge < -0.3 is 10.6 Å². The minimum Gasteiger partial charge on any atom is -0.319 e. The lowest BCUT2D eigenvalue weighted by Gasteiger charge is -2.33. The molecular formula is C12H17ClN4O. The number of nitrogens with one attached hydrogen (secondary N) is 1. The Morgan fingerprint density at radius 3 is 2.89 bits per heavy atom. The fraction of sp³-hybridized carbons (Fsp3) is 0.417. The van der Waals surface area contributed by atoms with Crippen molar-refractivity contribution in [3.8, 4) is 0 Å². The van der Waals surface area contributed by atoms with Gasteiger partial charge in [-0.15, -0.1) is 0 Å². The maximum atomic E-state index is 12.1. The van der Waals surface area contributed by atoms with Gasteiger partial charge in [-0.1, -0.05) is 30.3 Å². The van der Waals surface area contributed by atoms with Crippen LogP contribution in [0.2, 0.25) is 0 Å². The van der Waals surface area contributed by atoms with E-state index in [2.05, 4.69) is 5.32 Å². The van der Waals surface area contributed by atoms with Gasteiger partial charge in [0.25, 0.3) is 0 Å². The van der Waals surface area contributed by atoms with Crippen LogP contribution in [0.15, 0.2) is 30.3 Å². The van der Waals surface area contributed by atoms with Gasteiger partial charge in [0.15, 0.2) is 0 Å². The zero-order chi connectivity index (χ0) is 13.0. The summed E-state index contributed by atoms with van der Waals surface area (Å²) in [6.45, 7) is 2.20. The predicted octanol–water partition coefficient (Wildman–Crippen LogP) is 0.952. The molecule has 1 atom stereocenters. The van der Waals surface area contributed by atoms with Crippen LogP contribution in [0.1, 0.15) is 5.56 Å². The van der Waals surface area contributed by atoms with Crippen LogP contribution in [0.4, 0.5) is 4.79 Å². The summed E-state index contributed by atoms with van der Waals surface area (Å²) in [4.78, 5) is 13.7. The van der Waals surface area contributed by atoms with Crippen molar-refractivity contribution in [3.63, 3.8) is 0 Å². The molecule has 1 heterocycles. The standard InChI is InChI=1S/C12H17ClN4O/c13-17(8-10-4-2-1-3-5-10)12(18)16-7-6-15-11(14)9-16/h1-5,11,15H,6-9,14H2. The fourth-order valence-corrected chi connectivity index (χ4v) is 2.16. The lowest BCUT2D eigenvalue weighted by atomic mass is 10.2. The normalized spacial score (nSPS) is 19.7. The number of halogens is 1. The first kappa shape index (κ1) is 13.1. The first-order valence-electron chi connectivity index (χ1n) is 5.92. The highest BCUT2D eigenvalue weighted by Gasteiger charge is 2.24. The molecule has 2 rings (SSSR count). The van der Waals surface area contributed by atoms with E-state index in [-0.39, 0.29) is 12.2 Å². The van der Waals surface area contributed by atoms with Crippen molar-refractivity contribution < 1.29 is 4.79 Å². The summed E-state index contributed by atoms with van der Waals surface area (Å²) in [5.41, 5.74) is 6.75. The van der Waals surface area contributed by atoms with Crippen LogP contribution in [0, 0.1) is 0 Å². The molecule has 1 aliphatic heterocycles. The Kier molecular flexibility index (Phi) is 4.41. The zero-order valence-electron chi connectivity index (χ0n) is 10.1. The van der Waals surface area contributed by atoms with Crippen LogP contribution >= 0.6 is 11.8 Å². The summed E-state index contributed by atoms with van der Waals surface area (Å²) in [5, 5.41) is 3.08. The summed E-state index contributed by atoms with van der Waals surface area (Å²) in [5.74, 6) is 0. The smallest absolute Gasteiger partial charge is 0.319 e. The van der Waals surface area contributed by atoms with E-state index in [1.54, 1.807) is 4.90 Å². The van der Waals surface area contributed by atoms with Gasteiger partial charge >= 0.3 is 6.03 Å². The summed E-state index contributed by atoms with van der Waals surface area (Å²) in [6, 6.07) is 9.45. The van der Waals surface area contributed by atoms with Gasteiger partial charge in [0, 0.05) is 24.9 Å². The number of carbonyl (C=O) groups is 1. The minimum absolute atomic E-state index is 0.176. The Bertz CT molecular complexity index is 400. The van der Waals surface area contributed by atoms with E-state index in [1.807, 2.05) is 30.3 Å². The van der Waals surface area contributed by atoms with Crippen molar-refractivity contribution in [2.45, 2.75) is 12.7 Å². The van der Waals surface area contributed by atoms with Crippen molar-refractivity contribution in [3.05, 3.63) is 35.9 Å². The molecule has 0 bridgehead atoms. The van der Waals surface area contributed by atoms with Gasteiger partial charge in [-0.3, -0.25) is 5.32 Å². The quantitative estimate of drug-likeness (QED) is 0.785. The van der Waals surface area contributed by atoms with E-state index in [9.17, 15) is 4.79 Å². The third-order valence-electron chi connectivity index (χ3n) is 2.85. The molecule has 1 fully saturated rings. The molecular weight excluding hydrogens is 252 g/mol. The van der Waals surface area contributed by atoms with E-state index < -0.39 is 0 Å². The topological polar surface area (TPSA) is 61.6 Å². The highest BCUT2D eigenvalue weighted by Crippen LogP contribution is 2.11. The van der Waals surface area contributed by atoms with Crippen molar-refractivity contribution in [1.29, 1.82) is 0 Å². The molecule has 0 saturated carbocycles. The van der Waals surface area contributed by atoms with E-state index in [0.29, 0.717) is 26.2 Å². The molecule has 0 spiro atoms. The summed E-state index contributed by atoms with van der Waals surface area (Å²) < 4.78 is 1.20. The van der Waals surface area contributed by atoms with Crippen molar-refractivity contribution in [2.24, 2.45) is 5.73 Å². The van der Waals surface area contributed by atoms with E-state index in [4.69, 9.17) is 17.5 Å². The largest absolute Gasteiger partial charge is 0.335 e. The number of carbonyl (C=O) groups excluding carboxylic acids is 1. The molecule has 1 aromatic carbocycles. The SMILES string of the molecule is NC1CN(C(=O)N(Cl)Cc2ccccc2)CCN1. The zero-order valence-corrected chi connectivity index (χ0v) is 10.8. The number of benzene rings is 1. The van der Waals surface area contributed by atoms with Crippen LogP contribution in [0.25, 0.3) is 0 Å². The Morgan fingerprint density at radius 2 is 2.22 bits per heavy atom. The number of hydrogen-bond donors (Lipinski definition) is 2. The maximum absolute atomic E-state index is 12.1. The fourth-order valence-electron chi connectivity index (χ4n) is 1.92. The van der Waals surface area contributed by atoms with Gasteiger partial charge in [0.1, 0.15) is 0 Å². The number of urea groups is 1. The van der Waals surface area contributed by atoms with Gasteiger partial charge in [0.2, 0.25) is 0 Å².